The molecule has 0 aliphatic rings. The minimum absolute atomic E-state index is 0.0180. The number of halogens is 1. The predicted octanol–water partition coefficient (Wildman–Crippen LogP) is 2.91. The highest BCUT2D eigenvalue weighted by molar-refractivity contribution is 9.10. The van der Waals surface area contributed by atoms with Crippen molar-refractivity contribution in [1.82, 2.24) is 4.57 Å². The van der Waals surface area contributed by atoms with Gasteiger partial charge in [0.2, 0.25) is 0 Å². The predicted molar refractivity (Wildman–Crippen MR) is 64.5 cm³/mol. The van der Waals surface area contributed by atoms with Crippen LogP contribution in [0.1, 0.15) is 5.56 Å². The Labute approximate surface area is 96.3 Å². The highest BCUT2D eigenvalue weighted by Crippen LogP contribution is 2.11. The quantitative estimate of drug-likeness (QED) is 0.776. The van der Waals surface area contributed by atoms with E-state index in [9.17, 15) is 4.79 Å². The molecule has 0 atom stereocenters. The molecule has 76 valence electrons. The summed E-state index contributed by atoms with van der Waals surface area (Å²) in [4.78, 5) is 11.9. The number of benzene rings is 1. The van der Waals surface area contributed by atoms with E-state index in [0.717, 1.165) is 15.7 Å². The van der Waals surface area contributed by atoms with Gasteiger partial charge in [-0.15, -0.1) is 0 Å². The van der Waals surface area contributed by atoms with E-state index in [4.69, 9.17) is 0 Å². The molecule has 0 aliphatic carbocycles. The Balaban J connectivity index is 2.69. The largest absolute Gasteiger partial charge is 0.283 e. The highest BCUT2D eigenvalue weighted by Gasteiger charge is 2.02. The van der Waals surface area contributed by atoms with Gasteiger partial charge in [-0.05, 0) is 41.1 Å². The van der Waals surface area contributed by atoms with Gasteiger partial charge < -0.3 is 0 Å². The molecular formula is C12H10BrNO. The molecule has 0 amide bonds. The molecule has 0 bridgehead atoms. The van der Waals surface area contributed by atoms with Gasteiger partial charge in [0.1, 0.15) is 0 Å². The third-order valence-corrected chi connectivity index (χ3v) is 2.63. The van der Waals surface area contributed by atoms with Crippen LogP contribution in [0.25, 0.3) is 5.69 Å². The van der Waals surface area contributed by atoms with Gasteiger partial charge >= 0.3 is 0 Å². The SMILES string of the molecule is Cc1cc(Br)cn(-c2ccccc2)c1=O. The first-order valence-corrected chi connectivity index (χ1v) is 5.42. The summed E-state index contributed by atoms with van der Waals surface area (Å²) in [6.07, 6.45) is 1.78. The smallest absolute Gasteiger partial charge is 0.258 e. The van der Waals surface area contributed by atoms with Crippen molar-refractivity contribution >= 4 is 15.9 Å². The Kier molecular flexibility index (Phi) is 2.73. The molecular weight excluding hydrogens is 254 g/mol. The Morgan fingerprint density at radius 3 is 2.53 bits per heavy atom. The summed E-state index contributed by atoms with van der Waals surface area (Å²) in [5, 5.41) is 0. The minimum Gasteiger partial charge on any atom is -0.283 e. The average molecular weight is 264 g/mol. The number of aromatic nitrogens is 1. The summed E-state index contributed by atoms with van der Waals surface area (Å²) in [6, 6.07) is 11.4. The maximum absolute atomic E-state index is 11.9. The first-order chi connectivity index (χ1) is 7.18. The first-order valence-electron chi connectivity index (χ1n) is 4.63. The summed E-state index contributed by atoms with van der Waals surface area (Å²) in [5.74, 6) is 0. The van der Waals surface area contributed by atoms with Gasteiger partial charge in [0.25, 0.3) is 5.56 Å². The molecule has 2 rings (SSSR count). The van der Waals surface area contributed by atoms with Gasteiger partial charge in [-0.25, -0.2) is 0 Å². The Bertz CT molecular complexity index is 531. The Morgan fingerprint density at radius 1 is 1.20 bits per heavy atom. The minimum atomic E-state index is 0.0180. The van der Waals surface area contributed by atoms with Crippen LogP contribution in [0.2, 0.25) is 0 Å². The lowest BCUT2D eigenvalue weighted by molar-refractivity contribution is 0.963. The highest BCUT2D eigenvalue weighted by atomic mass is 79.9. The summed E-state index contributed by atoms with van der Waals surface area (Å²) in [5.41, 5.74) is 1.63. The zero-order valence-electron chi connectivity index (χ0n) is 8.27. The second-order valence-electron chi connectivity index (χ2n) is 3.35. The van der Waals surface area contributed by atoms with Gasteiger partial charge in [-0.3, -0.25) is 9.36 Å². The average Bonchev–Trinajstić information content (AvgIpc) is 2.24. The lowest BCUT2D eigenvalue weighted by atomic mass is 10.2. The molecule has 0 fully saturated rings. The second kappa shape index (κ2) is 4.03. The fourth-order valence-electron chi connectivity index (χ4n) is 1.46. The first kappa shape index (κ1) is 10.2. The third-order valence-electron chi connectivity index (χ3n) is 2.20. The maximum atomic E-state index is 11.9. The number of hydrogen-bond donors (Lipinski definition) is 0. The van der Waals surface area contributed by atoms with E-state index in [0.29, 0.717) is 0 Å². The molecule has 0 radical (unpaired) electrons. The van der Waals surface area contributed by atoms with E-state index in [1.165, 1.54) is 0 Å². The molecule has 1 heterocycles. The number of aryl methyl sites for hydroxylation is 1. The van der Waals surface area contributed by atoms with E-state index in [1.807, 2.05) is 43.3 Å². The molecule has 0 saturated carbocycles. The fourth-order valence-corrected chi connectivity index (χ4v) is 2.01. The molecule has 0 saturated heterocycles. The van der Waals surface area contributed by atoms with Crippen LogP contribution >= 0.6 is 15.9 Å². The van der Waals surface area contributed by atoms with Crippen LogP contribution < -0.4 is 5.56 Å². The van der Waals surface area contributed by atoms with Gasteiger partial charge in [0.15, 0.2) is 0 Å². The number of hydrogen-bond acceptors (Lipinski definition) is 1. The number of rotatable bonds is 1. The van der Waals surface area contributed by atoms with E-state index >= 15 is 0 Å². The topological polar surface area (TPSA) is 22.0 Å². The maximum Gasteiger partial charge on any atom is 0.258 e. The van der Waals surface area contributed by atoms with E-state index in [2.05, 4.69) is 15.9 Å². The van der Waals surface area contributed by atoms with Crippen molar-refractivity contribution in [1.29, 1.82) is 0 Å². The molecule has 2 nitrogen and oxygen atoms in total. The van der Waals surface area contributed by atoms with Crippen LogP contribution in [0.3, 0.4) is 0 Å². The summed E-state index contributed by atoms with van der Waals surface area (Å²) in [6.45, 7) is 1.81. The molecule has 2 aromatic rings. The second-order valence-corrected chi connectivity index (χ2v) is 4.27. The van der Waals surface area contributed by atoms with Gasteiger partial charge in [-0.1, -0.05) is 18.2 Å². The van der Waals surface area contributed by atoms with Gasteiger partial charge in [0, 0.05) is 21.9 Å². The van der Waals surface area contributed by atoms with Crippen molar-refractivity contribution in [2.45, 2.75) is 6.92 Å². The molecule has 0 unspecified atom stereocenters. The zero-order valence-corrected chi connectivity index (χ0v) is 9.86. The standard InChI is InChI=1S/C12H10BrNO/c1-9-7-10(13)8-14(12(9)15)11-5-3-2-4-6-11/h2-8H,1H3. The number of para-hydroxylation sites is 1. The van der Waals surface area contributed by atoms with Crippen molar-refractivity contribution in [3.63, 3.8) is 0 Å². The molecule has 0 aliphatic heterocycles. The monoisotopic (exact) mass is 263 g/mol. The Hall–Kier alpha value is -1.35. The summed E-state index contributed by atoms with van der Waals surface area (Å²) >= 11 is 3.38. The molecule has 1 aromatic heterocycles. The van der Waals surface area contributed by atoms with Crippen molar-refractivity contribution in [3.05, 3.63) is 63.0 Å². The van der Waals surface area contributed by atoms with Gasteiger partial charge in [0.05, 0.1) is 0 Å². The fraction of sp³-hybridized carbons (Fsp3) is 0.0833. The van der Waals surface area contributed by atoms with Crippen molar-refractivity contribution < 1.29 is 0 Å². The Morgan fingerprint density at radius 2 is 1.87 bits per heavy atom. The molecule has 15 heavy (non-hydrogen) atoms. The van der Waals surface area contributed by atoms with Crippen molar-refractivity contribution in [3.8, 4) is 5.69 Å². The van der Waals surface area contributed by atoms with E-state index in [-0.39, 0.29) is 5.56 Å². The molecule has 0 spiro atoms. The van der Waals surface area contributed by atoms with Crippen molar-refractivity contribution in [2.75, 3.05) is 0 Å². The summed E-state index contributed by atoms with van der Waals surface area (Å²) < 4.78 is 2.54. The van der Waals surface area contributed by atoms with Crippen LogP contribution in [0.4, 0.5) is 0 Å². The van der Waals surface area contributed by atoms with Crippen molar-refractivity contribution in [2.24, 2.45) is 0 Å². The lowest BCUT2D eigenvalue weighted by Gasteiger charge is -2.07. The van der Waals surface area contributed by atoms with Crippen LogP contribution in [0.5, 0.6) is 0 Å². The normalized spacial score (nSPS) is 10.3. The van der Waals surface area contributed by atoms with E-state index < -0.39 is 0 Å². The number of nitrogens with zero attached hydrogens (tertiary/aromatic N) is 1. The third kappa shape index (κ3) is 2.02. The summed E-state index contributed by atoms with van der Waals surface area (Å²) in [7, 11) is 0. The van der Waals surface area contributed by atoms with Gasteiger partial charge in [-0.2, -0.15) is 0 Å². The zero-order chi connectivity index (χ0) is 10.8. The molecule has 0 N–H and O–H groups in total. The van der Waals surface area contributed by atoms with Crippen LogP contribution in [0, 0.1) is 6.92 Å². The number of pyridine rings is 1. The lowest BCUT2D eigenvalue weighted by Crippen LogP contribution is -2.19. The van der Waals surface area contributed by atoms with Crippen LogP contribution in [0.15, 0.2) is 51.9 Å². The van der Waals surface area contributed by atoms with E-state index in [1.54, 1.807) is 10.8 Å². The molecule has 1 aromatic carbocycles. The molecule has 3 heteroatoms. The van der Waals surface area contributed by atoms with Crippen LogP contribution in [-0.2, 0) is 0 Å². The van der Waals surface area contributed by atoms with Crippen LogP contribution in [-0.4, -0.2) is 4.57 Å².